The van der Waals surface area contributed by atoms with Crippen molar-refractivity contribution in [1.29, 1.82) is 0 Å². The Labute approximate surface area is 121 Å². The van der Waals surface area contributed by atoms with Gasteiger partial charge in [0.2, 0.25) is 0 Å². The van der Waals surface area contributed by atoms with Gasteiger partial charge in [-0.05, 0) is 39.5 Å². The molecule has 0 aliphatic carbocycles. The van der Waals surface area contributed by atoms with Gasteiger partial charge >= 0.3 is 0 Å². The highest BCUT2D eigenvalue weighted by molar-refractivity contribution is 9.10. The number of nitrogens with zero attached hydrogens (tertiary/aromatic N) is 2. The predicted molar refractivity (Wildman–Crippen MR) is 82.4 cm³/mol. The lowest BCUT2D eigenvalue weighted by atomic mass is 10.0. The van der Waals surface area contributed by atoms with Crippen LogP contribution in [0.4, 0.5) is 0 Å². The maximum atomic E-state index is 4.64. The number of pyridine rings is 1. The molecular weight excluding hydrogens is 300 g/mol. The van der Waals surface area contributed by atoms with Crippen LogP contribution < -0.4 is 0 Å². The summed E-state index contributed by atoms with van der Waals surface area (Å²) in [5, 5.41) is 0. The average molecular weight is 315 g/mol. The summed E-state index contributed by atoms with van der Waals surface area (Å²) in [7, 11) is 0. The quantitative estimate of drug-likeness (QED) is 0.658. The smallest absolute Gasteiger partial charge is 0.137 e. The van der Waals surface area contributed by atoms with Crippen LogP contribution in [0.15, 0.2) is 53.3 Å². The third-order valence-corrected chi connectivity index (χ3v) is 3.76. The maximum absolute atomic E-state index is 4.64. The summed E-state index contributed by atoms with van der Waals surface area (Å²) in [6, 6.07) is 12.7. The molecule has 0 saturated heterocycles. The number of fused-ring (bicyclic) bond motifs is 1. The van der Waals surface area contributed by atoms with Gasteiger partial charge in [0.05, 0.1) is 5.69 Å². The van der Waals surface area contributed by atoms with E-state index < -0.39 is 0 Å². The highest BCUT2D eigenvalue weighted by Crippen LogP contribution is 2.23. The summed E-state index contributed by atoms with van der Waals surface area (Å²) in [5.41, 5.74) is 4.49. The van der Waals surface area contributed by atoms with E-state index in [0.29, 0.717) is 5.92 Å². The Bertz CT molecular complexity index is 711. The number of rotatable bonds is 2. The molecule has 0 bridgehead atoms. The molecule has 0 N–H and O–H groups in total. The van der Waals surface area contributed by atoms with Crippen molar-refractivity contribution in [3.8, 4) is 11.3 Å². The summed E-state index contributed by atoms with van der Waals surface area (Å²) >= 11 is 3.47. The van der Waals surface area contributed by atoms with E-state index in [9.17, 15) is 0 Å². The van der Waals surface area contributed by atoms with Gasteiger partial charge in [-0.25, -0.2) is 4.98 Å². The Morgan fingerprint density at radius 3 is 2.42 bits per heavy atom. The highest BCUT2D eigenvalue weighted by Gasteiger charge is 2.05. The van der Waals surface area contributed by atoms with Crippen LogP contribution in [-0.4, -0.2) is 9.38 Å². The van der Waals surface area contributed by atoms with Gasteiger partial charge in [-0.15, -0.1) is 0 Å². The van der Waals surface area contributed by atoms with Gasteiger partial charge in [0.25, 0.3) is 0 Å². The summed E-state index contributed by atoms with van der Waals surface area (Å²) in [5.74, 6) is 0.561. The fraction of sp³-hybridized carbons (Fsp3) is 0.188. The van der Waals surface area contributed by atoms with Gasteiger partial charge in [0.15, 0.2) is 0 Å². The van der Waals surface area contributed by atoms with Crippen LogP contribution in [0.1, 0.15) is 25.3 Å². The Hall–Kier alpha value is -1.61. The summed E-state index contributed by atoms with van der Waals surface area (Å²) in [6.07, 6.45) is 4.08. The zero-order valence-electron chi connectivity index (χ0n) is 11.0. The van der Waals surface area contributed by atoms with Crippen LogP contribution >= 0.6 is 15.9 Å². The van der Waals surface area contributed by atoms with Crippen LogP contribution in [0.5, 0.6) is 0 Å². The van der Waals surface area contributed by atoms with Crippen molar-refractivity contribution in [2.75, 3.05) is 0 Å². The first-order valence-corrected chi connectivity index (χ1v) is 7.17. The second kappa shape index (κ2) is 4.82. The summed E-state index contributed by atoms with van der Waals surface area (Å²) < 4.78 is 3.09. The van der Waals surface area contributed by atoms with Gasteiger partial charge in [0.1, 0.15) is 5.65 Å². The SMILES string of the molecule is CC(C)c1ccc(-c2cn3cc(Br)ccc3n2)cc1. The molecule has 1 aromatic carbocycles. The third kappa shape index (κ3) is 2.43. The molecule has 0 spiro atoms. The Morgan fingerprint density at radius 1 is 1.00 bits per heavy atom. The first-order valence-electron chi connectivity index (χ1n) is 6.38. The second-order valence-electron chi connectivity index (χ2n) is 5.02. The van der Waals surface area contributed by atoms with Gasteiger partial charge in [0, 0.05) is 22.4 Å². The number of halogens is 1. The van der Waals surface area contributed by atoms with E-state index in [4.69, 9.17) is 0 Å². The predicted octanol–water partition coefficient (Wildman–Crippen LogP) is 4.89. The highest BCUT2D eigenvalue weighted by atomic mass is 79.9. The molecule has 19 heavy (non-hydrogen) atoms. The minimum atomic E-state index is 0.561. The lowest BCUT2D eigenvalue weighted by molar-refractivity contribution is 0.867. The Kier molecular flexibility index (Phi) is 3.15. The van der Waals surface area contributed by atoms with Crippen molar-refractivity contribution in [3.63, 3.8) is 0 Å². The molecule has 3 heteroatoms. The number of hydrogen-bond donors (Lipinski definition) is 0. The summed E-state index contributed by atoms with van der Waals surface area (Å²) in [6.45, 7) is 4.41. The first kappa shape index (κ1) is 12.4. The van der Waals surface area contributed by atoms with Crippen molar-refractivity contribution in [2.45, 2.75) is 19.8 Å². The molecule has 2 nitrogen and oxygen atoms in total. The molecule has 3 rings (SSSR count). The monoisotopic (exact) mass is 314 g/mol. The Balaban J connectivity index is 2.03. The fourth-order valence-electron chi connectivity index (χ4n) is 2.14. The molecule has 2 aromatic heterocycles. The fourth-order valence-corrected chi connectivity index (χ4v) is 2.50. The average Bonchev–Trinajstić information content (AvgIpc) is 2.81. The van der Waals surface area contributed by atoms with Crippen LogP contribution in [0.3, 0.4) is 0 Å². The van der Waals surface area contributed by atoms with Crippen molar-refractivity contribution < 1.29 is 0 Å². The topological polar surface area (TPSA) is 17.3 Å². The van der Waals surface area contributed by atoms with Crippen LogP contribution in [0.2, 0.25) is 0 Å². The van der Waals surface area contributed by atoms with E-state index in [1.54, 1.807) is 0 Å². The molecule has 0 atom stereocenters. The van der Waals surface area contributed by atoms with Gasteiger partial charge in [-0.1, -0.05) is 38.1 Å². The lowest BCUT2D eigenvalue weighted by Gasteiger charge is -2.05. The molecule has 0 fully saturated rings. The normalized spacial score (nSPS) is 11.4. The number of imidazole rings is 1. The van der Waals surface area contributed by atoms with E-state index in [1.807, 2.05) is 22.7 Å². The van der Waals surface area contributed by atoms with E-state index in [1.165, 1.54) is 5.56 Å². The molecule has 3 aromatic rings. The number of hydrogen-bond acceptors (Lipinski definition) is 1. The Morgan fingerprint density at radius 2 is 1.74 bits per heavy atom. The molecule has 0 amide bonds. The lowest BCUT2D eigenvalue weighted by Crippen LogP contribution is -1.86. The maximum Gasteiger partial charge on any atom is 0.137 e. The number of aromatic nitrogens is 2. The molecule has 0 radical (unpaired) electrons. The van der Waals surface area contributed by atoms with Gasteiger partial charge < -0.3 is 4.40 Å². The van der Waals surface area contributed by atoms with E-state index in [2.05, 4.69) is 65.2 Å². The van der Waals surface area contributed by atoms with Crippen molar-refractivity contribution >= 4 is 21.6 Å². The van der Waals surface area contributed by atoms with E-state index >= 15 is 0 Å². The molecule has 0 aliphatic heterocycles. The number of benzene rings is 1. The molecule has 0 unspecified atom stereocenters. The minimum absolute atomic E-state index is 0.561. The first-order chi connectivity index (χ1) is 9.13. The largest absolute Gasteiger partial charge is 0.305 e. The van der Waals surface area contributed by atoms with Gasteiger partial charge in [-0.3, -0.25) is 0 Å². The zero-order chi connectivity index (χ0) is 13.4. The van der Waals surface area contributed by atoms with Crippen LogP contribution in [0.25, 0.3) is 16.9 Å². The van der Waals surface area contributed by atoms with E-state index in [0.717, 1.165) is 21.4 Å². The second-order valence-corrected chi connectivity index (χ2v) is 5.93. The van der Waals surface area contributed by atoms with Crippen molar-refractivity contribution in [1.82, 2.24) is 9.38 Å². The molecular formula is C16H15BrN2. The van der Waals surface area contributed by atoms with E-state index in [-0.39, 0.29) is 0 Å². The zero-order valence-corrected chi connectivity index (χ0v) is 12.6. The van der Waals surface area contributed by atoms with Crippen molar-refractivity contribution in [2.24, 2.45) is 0 Å². The van der Waals surface area contributed by atoms with Crippen LogP contribution in [0, 0.1) is 0 Å². The van der Waals surface area contributed by atoms with Gasteiger partial charge in [-0.2, -0.15) is 0 Å². The standard InChI is InChI=1S/C16H15BrN2/c1-11(2)12-3-5-13(6-4-12)15-10-19-9-14(17)7-8-16(19)18-15/h3-11H,1-2H3. The minimum Gasteiger partial charge on any atom is -0.305 e. The summed E-state index contributed by atoms with van der Waals surface area (Å²) in [4.78, 5) is 4.64. The molecule has 0 aliphatic rings. The van der Waals surface area contributed by atoms with Crippen molar-refractivity contribution in [3.05, 3.63) is 58.8 Å². The third-order valence-electron chi connectivity index (χ3n) is 3.29. The molecule has 0 saturated carbocycles. The molecule has 2 heterocycles. The molecule has 96 valence electrons. The van der Waals surface area contributed by atoms with Crippen LogP contribution in [-0.2, 0) is 0 Å².